The van der Waals surface area contributed by atoms with Crippen LogP contribution in [0.25, 0.3) is 0 Å². The van der Waals surface area contributed by atoms with E-state index >= 15 is 0 Å². The van der Waals surface area contributed by atoms with Gasteiger partial charge in [-0.1, -0.05) is 37.0 Å². The van der Waals surface area contributed by atoms with Gasteiger partial charge in [0.25, 0.3) is 0 Å². The number of rotatable bonds is 5. The molecule has 2 nitrogen and oxygen atoms in total. The first-order valence-electron chi connectivity index (χ1n) is 6.73. The Morgan fingerprint density at radius 2 is 2.11 bits per heavy atom. The quantitative estimate of drug-likeness (QED) is 0.802. The highest BCUT2D eigenvalue weighted by atomic mass is 16.2. The van der Waals surface area contributed by atoms with Crippen molar-refractivity contribution >= 4 is 0 Å². The van der Waals surface area contributed by atoms with Crippen molar-refractivity contribution in [1.82, 2.24) is 4.90 Å². The van der Waals surface area contributed by atoms with Gasteiger partial charge in [0.2, 0.25) is 0 Å². The summed E-state index contributed by atoms with van der Waals surface area (Å²) in [6.07, 6.45) is 2.78. The van der Waals surface area contributed by atoms with Gasteiger partial charge in [0.1, 0.15) is 6.61 Å². The Balaban J connectivity index is 2.05. The van der Waals surface area contributed by atoms with Crippen LogP contribution in [-0.4, -0.2) is 29.7 Å². The van der Waals surface area contributed by atoms with Crippen LogP contribution >= 0.6 is 0 Å². The second kappa shape index (κ2) is 6.58. The van der Waals surface area contributed by atoms with E-state index < -0.39 is 0 Å². The summed E-state index contributed by atoms with van der Waals surface area (Å²) in [6, 6.07) is 8.23. The van der Waals surface area contributed by atoms with Gasteiger partial charge in [0.15, 0.2) is 0 Å². The Morgan fingerprint density at radius 1 is 1.33 bits per heavy atom. The average Bonchev–Trinajstić information content (AvgIpc) is 3.21. The van der Waals surface area contributed by atoms with E-state index in [0.717, 1.165) is 24.6 Å². The third-order valence-electron chi connectivity index (χ3n) is 3.37. The molecule has 0 aromatic heterocycles. The molecule has 0 spiro atoms. The minimum Gasteiger partial charge on any atom is -0.384 e. The zero-order valence-corrected chi connectivity index (χ0v) is 11.0. The van der Waals surface area contributed by atoms with Crippen LogP contribution < -0.4 is 0 Å². The molecule has 0 heterocycles. The molecule has 96 valence electrons. The molecule has 0 unspecified atom stereocenters. The predicted octanol–water partition coefficient (Wildman–Crippen LogP) is 2.26. The van der Waals surface area contributed by atoms with E-state index in [1.807, 2.05) is 12.1 Å². The van der Waals surface area contributed by atoms with Gasteiger partial charge < -0.3 is 5.11 Å². The molecule has 1 N–H and O–H groups in total. The number of aliphatic hydroxyl groups excluding tert-OH is 1. The Hall–Kier alpha value is -1.30. The summed E-state index contributed by atoms with van der Waals surface area (Å²) in [4.78, 5) is 2.48. The molecule has 2 rings (SSSR count). The van der Waals surface area contributed by atoms with Crippen molar-refractivity contribution in [1.29, 1.82) is 0 Å². The molecule has 0 radical (unpaired) electrons. The lowest BCUT2D eigenvalue weighted by Gasteiger charge is -2.20. The second-order valence-corrected chi connectivity index (χ2v) is 4.89. The first-order chi connectivity index (χ1) is 8.83. The molecular weight excluding hydrogens is 222 g/mol. The van der Waals surface area contributed by atoms with Crippen molar-refractivity contribution < 1.29 is 5.11 Å². The molecule has 18 heavy (non-hydrogen) atoms. The lowest BCUT2D eigenvalue weighted by molar-refractivity contribution is 0.268. The number of aliphatic hydroxyl groups is 1. The van der Waals surface area contributed by atoms with Crippen LogP contribution in [0.3, 0.4) is 0 Å². The zero-order valence-electron chi connectivity index (χ0n) is 11.0. The van der Waals surface area contributed by atoms with E-state index in [9.17, 15) is 0 Å². The fourth-order valence-electron chi connectivity index (χ4n) is 2.13. The number of hydrogen-bond donors (Lipinski definition) is 1. The van der Waals surface area contributed by atoms with Crippen molar-refractivity contribution in [3.8, 4) is 11.8 Å². The highest BCUT2D eigenvalue weighted by Crippen LogP contribution is 2.30. The Kier molecular flexibility index (Phi) is 4.81. The van der Waals surface area contributed by atoms with Gasteiger partial charge in [-0.15, -0.1) is 0 Å². The van der Waals surface area contributed by atoms with Gasteiger partial charge in [0, 0.05) is 18.7 Å². The molecule has 0 saturated heterocycles. The van der Waals surface area contributed by atoms with Crippen LogP contribution in [0, 0.1) is 17.8 Å². The molecule has 1 aliphatic carbocycles. The van der Waals surface area contributed by atoms with E-state index in [2.05, 4.69) is 35.8 Å². The fraction of sp³-hybridized carbons (Fsp3) is 0.500. The van der Waals surface area contributed by atoms with Crippen molar-refractivity contribution in [3.63, 3.8) is 0 Å². The summed E-state index contributed by atoms with van der Waals surface area (Å²) >= 11 is 0. The standard InChI is InChI=1S/C16H21NO/c1-2-17(12-14-9-10-14)13-16-7-4-3-6-15(16)8-5-11-18/h3-4,6-7,14,18H,2,9-13H2,1H3. The van der Waals surface area contributed by atoms with Crippen molar-refractivity contribution in [2.24, 2.45) is 5.92 Å². The predicted molar refractivity (Wildman–Crippen MR) is 74.1 cm³/mol. The molecule has 0 bridgehead atoms. The van der Waals surface area contributed by atoms with E-state index in [1.165, 1.54) is 24.9 Å². The molecule has 1 aromatic carbocycles. The van der Waals surface area contributed by atoms with Gasteiger partial charge in [-0.3, -0.25) is 4.90 Å². The first kappa shape index (κ1) is 13.1. The SMILES string of the molecule is CCN(Cc1ccccc1C#CCO)CC1CC1. The normalized spacial score (nSPS) is 14.4. The van der Waals surface area contributed by atoms with Crippen molar-refractivity contribution in [2.75, 3.05) is 19.7 Å². The summed E-state index contributed by atoms with van der Waals surface area (Å²) < 4.78 is 0. The summed E-state index contributed by atoms with van der Waals surface area (Å²) in [5.74, 6) is 6.69. The van der Waals surface area contributed by atoms with E-state index in [4.69, 9.17) is 5.11 Å². The number of benzene rings is 1. The largest absolute Gasteiger partial charge is 0.384 e. The highest BCUT2D eigenvalue weighted by molar-refractivity contribution is 5.41. The molecular formula is C16H21NO. The molecule has 1 aromatic rings. The van der Waals surface area contributed by atoms with Gasteiger partial charge in [-0.05, 0) is 36.9 Å². The van der Waals surface area contributed by atoms with Crippen LogP contribution in [0.5, 0.6) is 0 Å². The molecule has 2 heteroatoms. The monoisotopic (exact) mass is 243 g/mol. The maximum absolute atomic E-state index is 8.79. The van der Waals surface area contributed by atoms with Gasteiger partial charge in [-0.25, -0.2) is 0 Å². The highest BCUT2D eigenvalue weighted by Gasteiger charge is 2.23. The molecule has 1 aliphatic rings. The molecule has 0 amide bonds. The third kappa shape index (κ3) is 3.87. The van der Waals surface area contributed by atoms with Crippen LogP contribution in [-0.2, 0) is 6.54 Å². The lowest BCUT2D eigenvalue weighted by atomic mass is 10.1. The minimum atomic E-state index is -0.0755. The topological polar surface area (TPSA) is 23.5 Å². The number of nitrogens with zero attached hydrogens (tertiary/aromatic N) is 1. The van der Waals surface area contributed by atoms with Crippen molar-refractivity contribution in [2.45, 2.75) is 26.3 Å². The first-order valence-corrected chi connectivity index (χ1v) is 6.73. The summed E-state index contributed by atoms with van der Waals surface area (Å²) in [5.41, 5.74) is 2.31. The van der Waals surface area contributed by atoms with Crippen LogP contribution in [0.4, 0.5) is 0 Å². The van der Waals surface area contributed by atoms with Crippen molar-refractivity contribution in [3.05, 3.63) is 35.4 Å². The Morgan fingerprint density at radius 3 is 2.78 bits per heavy atom. The third-order valence-corrected chi connectivity index (χ3v) is 3.37. The van der Waals surface area contributed by atoms with Gasteiger partial charge in [-0.2, -0.15) is 0 Å². The summed E-state index contributed by atoms with van der Waals surface area (Å²) in [6.45, 7) is 5.39. The molecule has 0 atom stereocenters. The van der Waals surface area contributed by atoms with Gasteiger partial charge in [0.05, 0.1) is 0 Å². The zero-order chi connectivity index (χ0) is 12.8. The Labute approximate surface area is 110 Å². The number of hydrogen-bond acceptors (Lipinski definition) is 2. The van der Waals surface area contributed by atoms with Crippen LogP contribution in [0.2, 0.25) is 0 Å². The van der Waals surface area contributed by atoms with Crippen LogP contribution in [0.1, 0.15) is 30.9 Å². The second-order valence-electron chi connectivity index (χ2n) is 4.89. The molecule has 1 saturated carbocycles. The Bertz CT molecular complexity index is 440. The summed E-state index contributed by atoms with van der Waals surface area (Å²) in [7, 11) is 0. The van der Waals surface area contributed by atoms with E-state index in [1.54, 1.807) is 0 Å². The average molecular weight is 243 g/mol. The lowest BCUT2D eigenvalue weighted by Crippen LogP contribution is -2.25. The summed E-state index contributed by atoms with van der Waals surface area (Å²) in [5, 5.41) is 8.79. The minimum absolute atomic E-state index is 0.0755. The molecule has 1 fully saturated rings. The fourth-order valence-corrected chi connectivity index (χ4v) is 2.13. The van der Waals surface area contributed by atoms with Crippen LogP contribution in [0.15, 0.2) is 24.3 Å². The van der Waals surface area contributed by atoms with E-state index in [0.29, 0.717) is 0 Å². The maximum atomic E-state index is 8.79. The molecule has 0 aliphatic heterocycles. The maximum Gasteiger partial charge on any atom is 0.104 e. The van der Waals surface area contributed by atoms with E-state index in [-0.39, 0.29) is 6.61 Å². The smallest absolute Gasteiger partial charge is 0.104 e. The van der Waals surface area contributed by atoms with Gasteiger partial charge >= 0.3 is 0 Å².